The molecule has 1 N–H and O–H groups in total. The standard InChI is InChI=1S/C11H7ClF4O3/c12-5-1-4-2-6(10(17)18)9(11(14,15)16)19-8(4)7(13)3-5/h1,3,6,9H,2H2,(H,17,18)/t6-,9+/m1/s1. The number of hydrogen-bond donors (Lipinski definition) is 1. The van der Waals surface area contributed by atoms with Crippen LogP contribution in [0.25, 0.3) is 0 Å². The molecule has 19 heavy (non-hydrogen) atoms. The molecular weight excluding hydrogens is 292 g/mol. The number of alkyl halides is 3. The molecule has 0 radical (unpaired) electrons. The number of halogens is 5. The van der Waals surface area contributed by atoms with E-state index in [1.165, 1.54) is 6.07 Å². The van der Waals surface area contributed by atoms with E-state index in [1.54, 1.807) is 0 Å². The predicted molar refractivity (Wildman–Crippen MR) is 56.7 cm³/mol. The molecule has 0 saturated carbocycles. The average Bonchev–Trinajstić information content (AvgIpc) is 2.25. The Morgan fingerprint density at radius 1 is 1.42 bits per heavy atom. The quantitative estimate of drug-likeness (QED) is 0.811. The molecule has 1 aromatic rings. The molecule has 2 rings (SSSR count). The van der Waals surface area contributed by atoms with E-state index in [0.717, 1.165) is 6.07 Å². The summed E-state index contributed by atoms with van der Waals surface area (Å²) in [7, 11) is 0. The van der Waals surface area contributed by atoms with E-state index in [-0.39, 0.29) is 10.6 Å². The summed E-state index contributed by atoms with van der Waals surface area (Å²) >= 11 is 5.57. The number of carboxylic acids is 1. The largest absolute Gasteiger partial charge is 0.481 e. The molecule has 8 heteroatoms. The molecule has 3 nitrogen and oxygen atoms in total. The van der Waals surface area contributed by atoms with Gasteiger partial charge in [-0.15, -0.1) is 0 Å². The van der Waals surface area contributed by atoms with Gasteiger partial charge in [0, 0.05) is 5.02 Å². The van der Waals surface area contributed by atoms with Crippen LogP contribution in [-0.2, 0) is 11.2 Å². The second-order valence-electron chi connectivity index (χ2n) is 4.10. The number of carbonyl (C=O) groups is 1. The highest BCUT2D eigenvalue weighted by Gasteiger charge is 2.52. The Morgan fingerprint density at radius 2 is 2.05 bits per heavy atom. The minimum Gasteiger partial charge on any atom is -0.481 e. The molecule has 104 valence electrons. The Hall–Kier alpha value is -1.50. The first-order valence-corrected chi connectivity index (χ1v) is 5.52. The average molecular weight is 299 g/mol. The van der Waals surface area contributed by atoms with Crippen molar-refractivity contribution in [2.75, 3.05) is 0 Å². The molecule has 0 spiro atoms. The Labute approximate surface area is 109 Å². The van der Waals surface area contributed by atoms with E-state index >= 15 is 0 Å². The zero-order valence-electron chi connectivity index (χ0n) is 9.17. The van der Waals surface area contributed by atoms with Crippen LogP contribution in [0, 0.1) is 11.7 Å². The Balaban J connectivity index is 2.48. The zero-order chi connectivity index (χ0) is 14.4. The van der Waals surface area contributed by atoms with E-state index in [4.69, 9.17) is 16.7 Å². The fraction of sp³-hybridized carbons (Fsp3) is 0.364. The number of aliphatic carboxylic acids is 1. The van der Waals surface area contributed by atoms with Gasteiger partial charge in [0.2, 0.25) is 6.10 Å². The van der Waals surface area contributed by atoms with Crippen LogP contribution in [0.15, 0.2) is 12.1 Å². The van der Waals surface area contributed by atoms with Gasteiger partial charge < -0.3 is 9.84 Å². The van der Waals surface area contributed by atoms with Gasteiger partial charge in [-0.25, -0.2) is 4.39 Å². The van der Waals surface area contributed by atoms with Crippen LogP contribution in [0.1, 0.15) is 5.56 Å². The van der Waals surface area contributed by atoms with E-state index < -0.39 is 42.2 Å². The summed E-state index contributed by atoms with van der Waals surface area (Å²) in [6.07, 6.45) is -7.97. The van der Waals surface area contributed by atoms with Gasteiger partial charge in [-0.1, -0.05) is 11.6 Å². The smallest absolute Gasteiger partial charge is 0.426 e. The van der Waals surface area contributed by atoms with E-state index in [1.807, 2.05) is 0 Å². The van der Waals surface area contributed by atoms with Gasteiger partial charge in [-0.3, -0.25) is 4.79 Å². The SMILES string of the molecule is O=C(O)[C@@H]1Cc2cc(Cl)cc(F)c2O[C@@H]1C(F)(F)F. The fourth-order valence-electron chi connectivity index (χ4n) is 1.96. The summed E-state index contributed by atoms with van der Waals surface area (Å²) in [5, 5.41) is 8.80. The van der Waals surface area contributed by atoms with Crippen LogP contribution in [0.3, 0.4) is 0 Å². The number of ether oxygens (including phenoxy) is 1. The van der Waals surface area contributed by atoms with Crippen molar-refractivity contribution in [3.05, 3.63) is 28.5 Å². The van der Waals surface area contributed by atoms with Crippen LogP contribution in [-0.4, -0.2) is 23.4 Å². The maximum atomic E-state index is 13.5. The Morgan fingerprint density at radius 3 is 2.58 bits per heavy atom. The van der Waals surface area contributed by atoms with Gasteiger partial charge in [0.05, 0.1) is 0 Å². The molecule has 0 unspecified atom stereocenters. The highest BCUT2D eigenvalue weighted by molar-refractivity contribution is 6.30. The molecule has 1 aromatic carbocycles. The van der Waals surface area contributed by atoms with Gasteiger partial charge >= 0.3 is 12.1 Å². The number of rotatable bonds is 1. The number of carboxylic acid groups (broad SMARTS) is 1. The van der Waals surface area contributed by atoms with Crippen molar-refractivity contribution < 1.29 is 32.2 Å². The summed E-state index contributed by atoms with van der Waals surface area (Å²) in [6, 6.07) is 2.01. The second-order valence-corrected chi connectivity index (χ2v) is 4.54. The van der Waals surface area contributed by atoms with E-state index in [2.05, 4.69) is 4.74 Å². The minimum atomic E-state index is -4.90. The number of benzene rings is 1. The summed E-state index contributed by atoms with van der Waals surface area (Å²) in [6.45, 7) is 0. The highest BCUT2D eigenvalue weighted by atomic mass is 35.5. The fourth-order valence-corrected chi connectivity index (χ4v) is 2.19. The lowest BCUT2D eigenvalue weighted by molar-refractivity contribution is -0.218. The molecule has 0 aliphatic carbocycles. The molecule has 1 heterocycles. The predicted octanol–water partition coefficient (Wildman–Crippen LogP) is 3.05. The van der Waals surface area contributed by atoms with Crippen LogP contribution < -0.4 is 4.74 Å². The number of hydrogen-bond acceptors (Lipinski definition) is 2. The van der Waals surface area contributed by atoms with Crippen molar-refractivity contribution in [3.63, 3.8) is 0 Å². The van der Waals surface area contributed by atoms with Gasteiger partial charge in [0.15, 0.2) is 11.6 Å². The maximum Gasteiger partial charge on any atom is 0.426 e. The lowest BCUT2D eigenvalue weighted by Crippen LogP contribution is -2.47. The molecule has 1 aliphatic rings. The van der Waals surface area contributed by atoms with Crippen molar-refractivity contribution in [2.45, 2.75) is 18.7 Å². The highest BCUT2D eigenvalue weighted by Crippen LogP contribution is 2.40. The first-order valence-electron chi connectivity index (χ1n) is 5.14. The first-order chi connectivity index (χ1) is 8.70. The molecular formula is C11H7ClF4O3. The molecule has 0 saturated heterocycles. The van der Waals surface area contributed by atoms with Crippen LogP contribution in [0.5, 0.6) is 5.75 Å². The molecule has 1 aliphatic heterocycles. The van der Waals surface area contributed by atoms with Gasteiger partial charge in [0.1, 0.15) is 5.92 Å². The third kappa shape index (κ3) is 2.60. The third-order valence-corrected chi connectivity index (χ3v) is 2.99. The third-order valence-electron chi connectivity index (χ3n) is 2.78. The van der Waals surface area contributed by atoms with Gasteiger partial charge in [-0.2, -0.15) is 13.2 Å². The summed E-state index contributed by atoms with van der Waals surface area (Å²) < 4.78 is 56.2. The second kappa shape index (κ2) is 4.56. The van der Waals surface area contributed by atoms with Gasteiger partial charge in [-0.05, 0) is 24.1 Å². The van der Waals surface area contributed by atoms with Crippen molar-refractivity contribution in [1.29, 1.82) is 0 Å². The first kappa shape index (κ1) is 13.9. The summed E-state index contributed by atoms with van der Waals surface area (Å²) in [5.41, 5.74) is 0.0119. The molecule has 2 atom stereocenters. The Kier molecular flexibility index (Phi) is 3.34. The maximum absolute atomic E-state index is 13.5. The van der Waals surface area contributed by atoms with Crippen molar-refractivity contribution in [3.8, 4) is 5.75 Å². The molecule has 0 fully saturated rings. The van der Waals surface area contributed by atoms with Crippen LogP contribution in [0.4, 0.5) is 17.6 Å². The molecule has 0 amide bonds. The monoisotopic (exact) mass is 298 g/mol. The summed E-state index contributed by atoms with van der Waals surface area (Å²) in [5.74, 6) is -5.12. The lowest BCUT2D eigenvalue weighted by atomic mass is 9.90. The zero-order valence-corrected chi connectivity index (χ0v) is 9.93. The van der Waals surface area contributed by atoms with Crippen molar-refractivity contribution in [2.24, 2.45) is 5.92 Å². The van der Waals surface area contributed by atoms with E-state index in [0.29, 0.717) is 0 Å². The van der Waals surface area contributed by atoms with Crippen LogP contribution in [0.2, 0.25) is 5.02 Å². The topological polar surface area (TPSA) is 46.5 Å². The molecule has 0 aromatic heterocycles. The Bertz CT molecular complexity index is 529. The normalized spacial score (nSPS) is 22.6. The minimum absolute atomic E-state index is 0.0119. The van der Waals surface area contributed by atoms with Crippen molar-refractivity contribution >= 4 is 17.6 Å². The van der Waals surface area contributed by atoms with Crippen molar-refractivity contribution in [1.82, 2.24) is 0 Å². The number of fused-ring (bicyclic) bond motifs is 1. The lowest BCUT2D eigenvalue weighted by Gasteiger charge is -2.32. The van der Waals surface area contributed by atoms with Crippen LogP contribution >= 0.6 is 11.6 Å². The van der Waals surface area contributed by atoms with Gasteiger partial charge in [0.25, 0.3) is 0 Å². The summed E-state index contributed by atoms with van der Waals surface area (Å²) in [4.78, 5) is 10.9. The molecule has 0 bridgehead atoms. The van der Waals surface area contributed by atoms with E-state index in [9.17, 15) is 22.4 Å².